The third kappa shape index (κ3) is 5.27. The molecule has 10 nitrogen and oxygen atoms in total. The minimum absolute atomic E-state index is 0.206. The molecule has 1 aliphatic heterocycles. The highest BCUT2D eigenvalue weighted by atomic mass is 16.5. The highest BCUT2D eigenvalue weighted by Gasteiger charge is 2.30. The second-order valence-electron chi connectivity index (χ2n) is 8.48. The Labute approximate surface area is 207 Å². The SMILES string of the molecule is O=C(NCc1ccccc1OCc1ncc[nH]1)[C@@H]1CCc2cnc(NCCc3ccccn3)c(=O)n21. The fourth-order valence-corrected chi connectivity index (χ4v) is 4.28. The maximum Gasteiger partial charge on any atom is 0.294 e. The predicted octanol–water partition coefficient (Wildman–Crippen LogP) is 2.40. The molecule has 1 aliphatic rings. The van der Waals surface area contributed by atoms with Gasteiger partial charge in [0.05, 0.1) is 0 Å². The van der Waals surface area contributed by atoms with Gasteiger partial charge in [-0.1, -0.05) is 24.3 Å². The third-order valence-electron chi connectivity index (χ3n) is 6.11. The molecule has 1 atom stereocenters. The van der Waals surface area contributed by atoms with Crippen molar-refractivity contribution in [2.45, 2.75) is 38.5 Å². The molecule has 0 bridgehead atoms. The first-order chi connectivity index (χ1) is 17.7. The van der Waals surface area contributed by atoms with Gasteiger partial charge in [0.15, 0.2) is 5.82 Å². The van der Waals surface area contributed by atoms with E-state index in [-0.39, 0.29) is 23.8 Å². The summed E-state index contributed by atoms with van der Waals surface area (Å²) in [4.78, 5) is 42.0. The van der Waals surface area contributed by atoms with E-state index in [1.165, 1.54) is 0 Å². The number of anilines is 1. The summed E-state index contributed by atoms with van der Waals surface area (Å²) in [5.74, 6) is 1.42. The fourth-order valence-electron chi connectivity index (χ4n) is 4.28. The molecule has 0 aliphatic carbocycles. The van der Waals surface area contributed by atoms with Crippen molar-refractivity contribution in [1.82, 2.24) is 29.8 Å². The van der Waals surface area contributed by atoms with E-state index in [4.69, 9.17) is 4.74 Å². The summed E-state index contributed by atoms with van der Waals surface area (Å²) in [6.45, 7) is 1.10. The molecule has 36 heavy (non-hydrogen) atoms. The van der Waals surface area contributed by atoms with E-state index in [0.29, 0.717) is 44.0 Å². The van der Waals surface area contributed by atoms with E-state index in [0.717, 1.165) is 17.0 Å². The van der Waals surface area contributed by atoms with Crippen LogP contribution in [-0.4, -0.2) is 37.0 Å². The molecule has 184 valence electrons. The Balaban J connectivity index is 1.22. The van der Waals surface area contributed by atoms with Crippen LogP contribution in [0.4, 0.5) is 5.82 Å². The smallest absolute Gasteiger partial charge is 0.294 e. The quantitative estimate of drug-likeness (QED) is 0.315. The van der Waals surface area contributed by atoms with Crippen molar-refractivity contribution in [2.75, 3.05) is 11.9 Å². The second-order valence-corrected chi connectivity index (χ2v) is 8.48. The van der Waals surface area contributed by atoms with Gasteiger partial charge in [0, 0.05) is 61.2 Å². The average Bonchev–Trinajstić information content (AvgIpc) is 3.59. The monoisotopic (exact) mass is 485 g/mol. The molecule has 0 saturated heterocycles. The summed E-state index contributed by atoms with van der Waals surface area (Å²) in [6.07, 6.45) is 8.66. The average molecular weight is 486 g/mol. The number of hydrogen-bond donors (Lipinski definition) is 3. The van der Waals surface area contributed by atoms with E-state index in [2.05, 4.69) is 30.6 Å². The second kappa shape index (κ2) is 10.9. The van der Waals surface area contributed by atoms with Gasteiger partial charge in [0.25, 0.3) is 5.56 Å². The largest absolute Gasteiger partial charge is 0.485 e. The standard InChI is InChI=1S/C26H27N7O3/c34-25(32-15-18-5-1-2-7-22(18)36-17-23-28-13-14-29-23)21-9-8-20-16-31-24(26(35)33(20)21)30-12-10-19-6-3-4-11-27-19/h1-7,11,13-14,16,21H,8-10,12,15,17H2,(H,28,29)(H,30,31)(H,32,34)/t21-/m0/s1. The Kier molecular flexibility index (Phi) is 7.02. The first kappa shape index (κ1) is 23.3. The van der Waals surface area contributed by atoms with Crippen molar-refractivity contribution in [2.24, 2.45) is 0 Å². The Hall–Kier alpha value is -4.47. The van der Waals surface area contributed by atoms with Crippen molar-refractivity contribution in [3.63, 3.8) is 0 Å². The lowest BCUT2D eigenvalue weighted by Crippen LogP contribution is -2.36. The number of hydrogen-bond acceptors (Lipinski definition) is 7. The molecule has 4 aromatic rings. The molecule has 0 saturated carbocycles. The number of amides is 1. The molecule has 1 aromatic carbocycles. The van der Waals surface area contributed by atoms with Crippen LogP contribution >= 0.6 is 0 Å². The lowest BCUT2D eigenvalue weighted by molar-refractivity contribution is -0.124. The molecule has 0 unspecified atom stereocenters. The van der Waals surface area contributed by atoms with Gasteiger partial charge in [0.2, 0.25) is 5.91 Å². The number of aryl methyl sites for hydroxylation is 1. The molecule has 4 heterocycles. The molecule has 10 heteroatoms. The van der Waals surface area contributed by atoms with E-state index in [1.807, 2.05) is 42.5 Å². The highest BCUT2D eigenvalue weighted by molar-refractivity contribution is 5.81. The zero-order chi connectivity index (χ0) is 24.7. The molecule has 5 rings (SSSR count). The number of nitrogens with zero attached hydrogens (tertiary/aromatic N) is 4. The summed E-state index contributed by atoms with van der Waals surface area (Å²) in [7, 11) is 0. The number of rotatable bonds is 10. The zero-order valence-corrected chi connectivity index (χ0v) is 19.7. The van der Waals surface area contributed by atoms with E-state index in [1.54, 1.807) is 29.4 Å². The molecule has 3 N–H and O–H groups in total. The van der Waals surface area contributed by atoms with Crippen LogP contribution in [0.3, 0.4) is 0 Å². The van der Waals surface area contributed by atoms with Crippen molar-refractivity contribution in [1.29, 1.82) is 0 Å². The number of carbonyl (C=O) groups excluding carboxylic acids is 1. The number of fused-ring (bicyclic) bond motifs is 1. The predicted molar refractivity (Wildman–Crippen MR) is 133 cm³/mol. The Bertz CT molecular complexity index is 1370. The summed E-state index contributed by atoms with van der Waals surface area (Å²) in [5.41, 5.74) is 2.25. The number of H-pyrrole nitrogens is 1. The Morgan fingerprint density at radius 1 is 1.11 bits per heavy atom. The van der Waals surface area contributed by atoms with Crippen LogP contribution in [0.1, 0.15) is 35.2 Å². The zero-order valence-electron chi connectivity index (χ0n) is 19.7. The molecule has 3 aromatic heterocycles. The first-order valence-electron chi connectivity index (χ1n) is 11.9. The number of imidazole rings is 1. The molecule has 0 spiro atoms. The van der Waals surface area contributed by atoms with Crippen LogP contribution < -0.4 is 20.9 Å². The van der Waals surface area contributed by atoms with Crippen LogP contribution in [0.5, 0.6) is 5.75 Å². The molecular formula is C26H27N7O3. The van der Waals surface area contributed by atoms with Gasteiger partial charge in [0.1, 0.15) is 24.2 Å². The van der Waals surface area contributed by atoms with E-state index < -0.39 is 6.04 Å². The number of para-hydroxylation sites is 1. The maximum atomic E-state index is 13.2. The Morgan fingerprint density at radius 3 is 2.83 bits per heavy atom. The van der Waals surface area contributed by atoms with Gasteiger partial charge in [-0.25, -0.2) is 9.97 Å². The van der Waals surface area contributed by atoms with Crippen molar-refractivity contribution in [3.8, 4) is 5.75 Å². The number of aromatic nitrogens is 5. The number of nitrogens with one attached hydrogen (secondary N) is 3. The molecule has 0 radical (unpaired) electrons. The van der Waals surface area contributed by atoms with Gasteiger partial charge in [-0.05, 0) is 31.0 Å². The lowest BCUT2D eigenvalue weighted by Gasteiger charge is -2.17. The van der Waals surface area contributed by atoms with Gasteiger partial charge in [-0.3, -0.25) is 19.1 Å². The minimum Gasteiger partial charge on any atom is -0.485 e. The number of pyridine rings is 1. The van der Waals surface area contributed by atoms with Crippen molar-refractivity contribution >= 4 is 11.7 Å². The van der Waals surface area contributed by atoms with Crippen LogP contribution in [-0.2, 0) is 30.8 Å². The first-order valence-corrected chi connectivity index (χ1v) is 11.9. The summed E-state index contributed by atoms with van der Waals surface area (Å²) in [6, 6.07) is 12.7. The van der Waals surface area contributed by atoms with Gasteiger partial charge in [-0.15, -0.1) is 0 Å². The van der Waals surface area contributed by atoms with E-state index >= 15 is 0 Å². The van der Waals surface area contributed by atoms with Gasteiger partial charge >= 0.3 is 0 Å². The Morgan fingerprint density at radius 2 is 2.00 bits per heavy atom. The number of aromatic amines is 1. The maximum absolute atomic E-state index is 13.2. The normalized spacial score (nSPS) is 14.3. The van der Waals surface area contributed by atoms with Crippen LogP contribution in [0.2, 0.25) is 0 Å². The number of carbonyl (C=O) groups is 1. The fraction of sp³-hybridized carbons (Fsp3) is 0.269. The summed E-state index contributed by atoms with van der Waals surface area (Å²) < 4.78 is 7.44. The van der Waals surface area contributed by atoms with Crippen molar-refractivity contribution < 1.29 is 9.53 Å². The molecular weight excluding hydrogens is 458 g/mol. The third-order valence-corrected chi connectivity index (χ3v) is 6.11. The van der Waals surface area contributed by atoms with Gasteiger partial charge in [-0.2, -0.15) is 0 Å². The number of benzene rings is 1. The van der Waals surface area contributed by atoms with Crippen LogP contribution in [0.15, 0.2) is 72.0 Å². The van der Waals surface area contributed by atoms with Crippen LogP contribution in [0.25, 0.3) is 0 Å². The van der Waals surface area contributed by atoms with Crippen molar-refractivity contribution in [3.05, 3.63) is 100 Å². The van der Waals surface area contributed by atoms with Crippen LogP contribution in [0, 0.1) is 0 Å². The minimum atomic E-state index is -0.581. The lowest BCUT2D eigenvalue weighted by atomic mass is 10.1. The molecule has 1 amide bonds. The van der Waals surface area contributed by atoms with Gasteiger partial charge < -0.3 is 20.4 Å². The summed E-state index contributed by atoms with van der Waals surface area (Å²) >= 11 is 0. The highest BCUT2D eigenvalue weighted by Crippen LogP contribution is 2.25. The topological polar surface area (TPSA) is 127 Å². The summed E-state index contributed by atoms with van der Waals surface area (Å²) in [5, 5.41) is 6.08. The van der Waals surface area contributed by atoms with E-state index in [9.17, 15) is 9.59 Å². The molecule has 0 fully saturated rings. The number of ether oxygens (including phenoxy) is 1.